The van der Waals surface area contributed by atoms with Crippen LogP contribution in [0.1, 0.15) is 48.6 Å². The standard InChI is InChI=1S/C24H27Cl2N5O2S/c1-4-31-22(21(15(2)3)28-23(33)17-10-11-18(25)19(26)12-17)29-30-24(31)34-14-20(32)27-13-16-8-6-5-7-9-16/h5-12,15,21H,4,13-14H2,1-3H3,(H,27,32)(H,28,33)/t21-/m0/s1. The largest absolute Gasteiger partial charge is 0.351 e. The van der Waals surface area contributed by atoms with Crippen molar-refractivity contribution >= 4 is 46.8 Å². The molecule has 0 saturated heterocycles. The second-order valence-corrected chi connectivity index (χ2v) is 9.72. The molecule has 3 rings (SSSR count). The molecule has 0 aliphatic rings. The number of rotatable bonds is 10. The van der Waals surface area contributed by atoms with Crippen LogP contribution in [0.4, 0.5) is 0 Å². The van der Waals surface area contributed by atoms with Gasteiger partial charge in [0, 0.05) is 18.7 Å². The summed E-state index contributed by atoms with van der Waals surface area (Å²) in [5.74, 6) is 0.533. The molecule has 0 unspecified atom stereocenters. The van der Waals surface area contributed by atoms with E-state index in [-0.39, 0.29) is 29.5 Å². The van der Waals surface area contributed by atoms with E-state index in [1.807, 2.05) is 55.7 Å². The van der Waals surface area contributed by atoms with E-state index >= 15 is 0 Å². The summed E-state index contributed by atoms with van der Waals surface area (Å²) in [6.07, 6.45) is 0. The van der Waals surface area contributed by atoms with E-state index in [2.05, 4.69) is 20.8 Å². The molecule has 1 atom stereocenters. The van der Waals surface area contributed by atoms with Crippen LogP contribution in [0.3, 0.4) is 0 Å². The molecule has 34 heavy (non-hydrogen) atoms. The Bertz CT molecular complexity index is 1140. The first kappa shape index (κ1) is 26.1. The van der Waals surface area contributed by atoms with Crippen LogP contribution in [0.15, 0.2) is 53.7 Å². The van der Waals surface area contributed by atoms with Gasteiger partial charge in [-0.2, -0.15) is 0 Å². The molecule has 0 aliphatic carbocycles. The second-order valence-electron chi connectivity index (χ2n) is 7.96. The molecule has 1 aromatic heterocycles. The average molecular weight is 520 g/mol. The lowest BCUT2D eigenvalue weighted by atomic mass is 10.0. The maximum atomic E-state index is 12.9. The smallest absolute Gasteiger partial charge is 0.251 e. The van der Waals surface area contributed by atoms with Crippen LogP contribution in [0.25, 0.3) is 0 Å². The summed E-state index contributed by atoms with van der Waals surface area (Å²) >= 11 is 13.4. The Morgan fingerprint density at radius 1 is 1.06 bits per heavy atom. The van der Waals surface area contributed by atoms with E-state index in [4.69, 9.17) is 23.2 Å². The third-order valence-corrected chi connectivity index (χ3v) is 6.85. The van der Waals surface area contributed by atoms with Crippen molar-refractivity contribution in [2.45, 2.75) is 45.1 Å². The fourth-order valence-electron chi connectivity index (χ4n) is 3.30. The van der Waals surface area contributed by atoms with Gasteiger partial charge in [0.25, 0.3) is 5.91 Å². The minimum absolute atomic E-state index is 0.0493. The predicted octanol–water partition coefficient (Wildman–Crippen LogP) is 5.14. The lowest BCUT2D eigenvalue weighted by Crippen LogP contribution is -2.33. The van der Waals surface area contributed by atoms with Crippen LogP contribution in [-0.2, 0) is 17.9 Å². The molecule has 1 heterocycles. The fourth-order valence-corrected chi connectivity index (χ4v) is 4.44. The summed E-state index contributed by atoms with van der Waals surface area (Å²) < 4.78 is 1.93. The number of amides is 2. The zero-order valence-electron chi connectivity index (χ0n) is 19.2. The molecule has 180 valence electrons. The van der Waals surface area contributed by atoms with Gasteiger partial charge in [-0.15, -0.1) is 10.2 Å². The minimum atomic E-state index is -0.379. The first-order chi connectivity index (χ1) is 16.3. The Morgan fingerprint density at radius 3 is 2.44 bits per heavy atom. The Kier molecular flexibility index (Phi) is 9.38. The average Bonchev–Trinajstić information content (AvgIpc) is 3.24. The summed E-state index contributed by atoms with van der Waals surface area (Å²) in [4.78, 5) is 25.2. The van der Waals surface area contributed by atoms with Gasteiger partial charge in [0.15, 0.2) is 11.0 Å². The van der Waals surface area contributed by atoms with Crippen molar-refractivity contribution < 1.29 is 9.59 Å². The van der Waals surface area contributed by atoms with Crippen LogP contribution < -0.4 is 10.6 Å². The van der Waals surface area contributed by atoms with Gasteiger partial charge < -0.3 is 15.2 Å². The van der Waals surface area contributed by atoms with Crippen LogP contribution in [0.5, 0.6) is 0 Å². The Hall–Kier alpha value is -2.55. The Balaban J connectivity index is 1.67. The van der Waals surface area contributed by atoms with Crippen molar-refractivity contribution in [3.05, 3.63) is 75.5 Å². The number of carbonyl (C=O) groups is 2. The number of hydrogen-bond donors (Lipinski definition) is 2. The number of nitrogens with zero attached hydrogens (tertiary/aromatic N) is 3. The third kappa shape index (κ3) is 6.74. The van der Waals surface area contributed by atoms with Crippen LogP contribution >= 0.6 is 35.0 Å². The quantitative estimate of drug-likeness (QED) is 0.362. The number of thioether (sulfide) groups is 1. The van der Waals surface area contributed by atoms with Gasteiger partial charge in [-0.25, -0.2) is 0 Å². The van der Waals surface area contributed by atoms with Gasteiger partial charge >= 0.3 is 0 Å². The normalized spacial score (nSPS) is 11.9. The maximum absolute atomic E-state index is 12.9. The summed E-state index contributed by atoms with van der Waals surface area (Å²) in [7, 11) is 0. The molecule has 2 amide bonds. The van der Waals surface area contributed by atoms with Gasteiger partial charge in [0.2, 0.25) is 5.91 Å². The van der Waals surface area contributed by atoms with E-state index in [9.17, 15) is 9.59 Å². The highest BCUT2D eigenvalue weighted by Crippen LogP contribution is 2.27. The zero-order valence-corrected chi connectivity index (χ0v) is 21.5. The van der Waals surface area contributed by atoms with Crippen LogP contribution in [0.2, 0.25) is 10.0 Å². The minimum Gasteiger partial charge on any atom is -0.351 e. The Morgan fingerprint density at radius 2 is 1.79 bits per heavy atom. The number of carbonyl (C=O) groups excluding carboxylic acids is 2. The van der Waals surface area contributed by atoms with Gasteiger partial charge in [0.1, 0.15) is 0 Å². The van der Waals surface area contributed by atoms with Crippen molar-refractivity contribution in [3.63, 3.8) is 0 Å². The molecule has 2 N–H and O–H groups in total. The first-order valence-corrected chi connectivity index (χ1v) is 12.7. The van der Waals surface area contributed by atoms with E-state index in [1.54, 1.807) is 12.1 Å². The first-order valence-electron chi connectivity index (χ1n) is 10.9. The molecule has 10 heteroatoms. The van der Waals surface area contributed by atoms with Crippen LogP contribution in [0, 0.1) is 5.92 Å². The molecule has 0 aliphatic heterocycles. The molecule has 0 spiro atoms. The maximum Gasteiger partial charge on any atom is 0.251 e. The van der Waals surface area contributed by atoms with Crippen molar-refractivity contribution in [3.8, 4) is 0 Å². The molecular formula is C24H27Cl2N5O2S. The molecule has 0 radical (unpaired) electrons. The highest BCUT2D eigenvalue weighted by Gasteiger charge is 2.26. The fraction of sp³-hybridized carbons (Fsp3) is 0.333. The summed E-state index contributed by atoms with van der Waals surface area (Å²) in [6.45, 7) is 7.05. The van der Waals surface area contributed by atoms with E-state index in [0.717, 1.165) is 5.56 Å². The summed E-state index contributed by atoms with van der Waals surface area (Å²) in [6, 6.07) is 14.1. The number of nitrogens with one attached hydrogen (secondary N) is 2. The van der Waals surface area contributed by atoms with Gasteiger partial charge in [0.05, 0.1) is 21.8 Å². The molecule has 3 aromatic rings. The lowest BCUT2D eigenvalue weighted by molar-refractivity contribution is -0.118. The monoisotopic (exact) mass is 519 g/mol. The molecular weight excluding hydrogens is 493 g/mol. The van der Waals surface area contributed by atoms with E-state index < -0.39 is 0 Å². The second kappa shape index (κ2) is 12.2. The zero-order chi connectivity index (χ0) is 24.7. The predicted molar refractivity (Wildman–Crippen MR) is 136 cm³/mol. The van der Waals surface area contributed by atoms with Gasteiger partial charge in [-0.05, 0) is 36.6 Å². The summed E-state index contributed by atoms with van der Waals surface area (Å²) in [5.41, 5.74) is 1.45. The lowest BCUT2D eigenvalue weighted by Gasteiger charge is -2.22. The highest BCUT2D eigenvalue weighted by molar-refractivity contribution is 7.99. The molecule has 0 fully saturated rings. The molecule has 0 bridgehead atoms. The number of benzene rings is 2. The van der Waals surface area contributed by atoms with Crippen molar-refractivity contribution in [2.75, 3.05) is 5.75 Å². The topological polar surface area (TPSA) is 88.9 Å². The highest BCUT2D eigenvalue weighted by atomic mass is 35.5. The number of hydrogen-bond acceptors (Lipinski definition) is 5. The number of halogens is 2. The number of aromatic nitrogens is 3. The van der Waals surface area contributed by atoms with Crippen molar-refractivity contribution in [1.82, 2.24) is 25.4 Å². The van der Waals surface area contributed by atoms with E-state index in [1.165, 1.54) is 17.8 Å². The van der Waals surface area contributed by atoms with Crippen molar-refractivity contribution in [1.29, 1.82) is 0 Å². The van der Waals surface area contributed by atoms with Gasteiger partial charge in [-0.3, -0.25) is 9.59 Å². The van der Waals surface area contributed by atoms with E-state index in [0.29, 0.717) is 39.7 Å². The Labute approximate surface area is 213 Å². The summed E-state index contributed by atoms with van der Waals surface area (Å²) in [5, 5.41) is 15.9. The third-order valence-electron chi connectivity index (χ3n) is 5.14. The molecule has 0 saturated carbocycles. The van der Waals surface area contributed by atoms with Crippen molar-refractivity contribution in [2.24, 2.45) is 5.92 Å². The van der Waals surface area contributed by atoms with Crippen LogP contribution in [-0.4, -0.2) is 32.3 Å². The molecule has 2 aromatic carbocycles. The SMILES string of the molecule is CCn1c(SCC(=O)NCc2ccccc2)nnc1[C@@H](NC(=O)c1ccc(Cl)c(Cl)c1)C(C)C. The van der Waals surface area contributed by atoms with Gasteiger partial charge in [-0.1, -0.05) is 79.1 Å². The molecule has 7 nitrogen and oxygen atoms in total.